The van der Waals surface area contributed by atoms with E-state index in [1.165, 1.54) is 0 Å². The number of anilines is 1. The molecule has 6 nitrogen and oxygen atoms in total. The predicted molar refractivity (Wildman–Crippen MR) is 108 cm³/mol. The Balaban J connectivity index is 1.47. The van der Waals surface area contributed by atoms with Crippen molar-refractivity contribution >= 4 is 40.7 Å². The van der Waals surface area contributed by atoms with Crippen LogP contribution in [0.4, 0.5) is 5.69 Å². The van der Waals surface area contributed by atoms with Crippen LogP contribution in [0, 0.1) is 0 Å². The van der Waals surface area contributed by atoms with Crippen LogP contribution in [0.25, 0.3) is 0 Å². The third-order valence-corrected chi connectivity index (χ3v) is 5.90. The minimum absolute atomic E-state index is 0.110. The van der Waals surface area contributed by atoms with Crippen molar-refractivity contribution in [2.45, 2.75) is 25.8 Å². The fourth-order valence-electron chi connectivity index (χ4n) is 3.56. The van der Waals surface area contributed by atoms with Crippen molar-refractivity contribution in [3.8, 4) is 0 Å². The Kier molecular flexibility index (Phi) is 6.98. The van der Waals surface area contributed by atoms with Crippen molar-refractivity contribution in [2.24, 2.45) is 0 Å². The fraction of sp³-hybridized carbons (Fsp3) is 0.579. The molecule has 0 saturated carbocycles. The molecule has 148 valence electrons. The van der Waals surface area contributed by atoms with Crippen molar-refractivity contribution < 1.29 is 9.59 Å². The lowest BCUT2D eigenvalue weighted by Gasteiger charge is -2.37. The van der Waals surface area contributed by atoms with Crippen LogP contribution < -0.4 is 5.32 Å². The molecule has 27 heavy (non-hydrogen) atoms. The number of hydrogen-bond acceptors (Lipinski definition) is 4. The van der Waals surface area contributed by atoms with Gasteiger partial charge in [0.05, 0.1) is 23.3 Å². The average Bonchev–Trinajstić information content (AvgIpc) is 3.19. The molecule has 2 saturated heterocycles. The van der Waals surface area contributed by atoms with Crippen LogP contribution in [0.15, 0.2) is 18.2 Å². The summed E-state index contributed by atoms with van der Waals surface area (Å²) in [5.74, 6) is 0.114. The molecule has 1 aromatic rings. The lowest BCUT2D eigenvalue weighted by molar-refractivity contribution is -0.132. The smallest absolute Gasteiger partial charge is 0.241 e. The summed E-state index contributed by atoms with van der Waals surface area (Å²) in [6, 6.07) is 4.72. The van der Waals surface area contributed by atoms with Gasteiger partial charge in [0.25, 0.3) is 0 Å². The molecule has 1 atom stereocenters. The summed E-state index contributed by atoms with van der Waals surface area (Å²) in [5.41, 5.74) is 0.524. The van der Waals surface area contributed by atoms with Gasteiger partial charge in [-0.15, -0.1) is 0 Å². The largest absolute Gasteiger partial charge is 0.342 e. The van der Waals surface area contributed by atoms with Crippen LogP contribution in [-0.2, 0) is 9.59 Å². The highest BCUT2D eigenvalue weighted by atomic mass is 35.5. The molecule has 0 radical (unpaired) electrons. The SMILES string of the molecule is C[C@H](C(=O)Nc1cc(Cl)ccc1Cl)N1CCN(CC(=O)N2CCCC2)CC1. The van der Waals surface area contributed by atoms with Gasteiger partial charge in [-0.05, 0) is 38.0 Å². The fourth-order valence-corrected chi connectivity index (χ4v) is 3.90. The molecule has 1 N–H and O–H groups in total. The minimum Gasteiger partial charge on any atom is -0.342 e. The van der Waals surface area contributed by atoms with E-state index in [0.717, 1.165) is 52.1 Å². The molecule has 0 aromatic heterocycles. The molecule has 0 bridgehead atoms. The zero-order valence-corrected chi connectivity index (χ0v) is 17.1. The van der Waals surface area contributed by atoms with Crippen molar-refractivity contribution in [3.05, 3.63) is 28.2 Å². The van der Waals surface area contributed by atoms with E-state index in [0.29, 0.717) is 22.3 Å². The zero-order chi connectivity index (χ0) is 19.4. The highest BCUT2D eigenvalue weighted by Crippen LogP contribution is 2.25. The van der Waals surface area contributed by atoms with Gasteiger partial charge in [0.15, 0.2) is 0 Å². The number of amides is 2. The Labute approximate surface area is 170 Å². The quantitative estimate of drug-likeness (QED) is 0.806. The molecule has 2 amide bonds. The van der Waals surface area contributed by atoms with Gasteiger partial charge in [0.2, 0.25) is 11.8 Å². The second-order valence-electron chi connectivity index (χ2n) is 7.19. The van der Waals surface area contributed by atoms with Gasteiger partial charge in [-0.2, -0.15) is 0 Å². The molecule has 0 unspecified atom stereocenters. The Morgan fingerprint density at radius 2 is 1.74 bits per heavy atom. The molecule has 2 aliphatic rings. The molecular weight excluding hydrogens is 387 g/mol. The third-order valence-electron chi connectivity index (χ3n) is 5.34. The van der Waals surface area contributed by atoms with Crippen LogP contribution in [0.3, 0.4) is 0 Å². The van der Waals surface area contributed by atoms with Crippen LogP contribution in [0.1, 0.15) is 19.8 Å². The maximum atomic E-state index is 12.6. The van der Waals surface area contributed by atoms with Gasteiger partial charge >= 0.3 is 0 Å². The molecule has 2 aliphatic heterocycles. The number of rotatable bonds is 5. The number of benzene rings is 1. The van der Waals surface area contributed by atoms with Gasteiger partial charge in [0, 0.05) is 44.3 Å². The first kappa shape index (κ1) is 20.4. The van der Waals surface area contributed by atoms with Crippen molar-refractivity contribution in [2.75, 3.05) is 51.1 Å². The first-order valence-electron chi connectivity index (χ1n) is 9.44. The summed E-state index contributed by atoms with van der Waals surface area (Å²) in [4.78, 5) is 31.1. The first-order valence-corrected chi connectivity index (χ1v) is 10.2. The molecule has 0 spiro atoms. The lowest BCUT2D eigenvalue weighted by Crippen LogP contribution is -2.54. The zero-order valence-electron chi connectivity index (χ0n) is 15.6. The van der Waals surface area contributed by atoms with Crippen LogP contribution in [0.2, 0.25) is 10.0 Å². The van der Waals surface area contributed by atoms with E-state index in [1.54, 1.807) is 18.2 Å². The minimum atomic E-state index is -0.281. The Morgan fingerprint density at radius 1 is 1.07 bits per heavy atom. The molecule has 3 rings (SSSR count). The number of nitrogens with zero attached hydrogens (tertiary/aromatic N) is 3. The molecular formula is C19H26Cl2N4O2. The summed E-state index contributed by atoms with van der Waals surface area (Å²) < 4.78 is 0. The highest BCUT2D eigenvalue weighted by molar-refractivity contribution is 6.35. The van der Waals surface area contributed by atoms with E-state index in [1.807, 2.05) is 11.8 Å². The van der Waals surface area contributed by atoms with Crippen LogP contribution in [0.5, 0.6) is 0 Å². The molecule has 2 fully saturated rings. The maximum absolute atomic E-state index is 12.6. The van der Waals surface area contributed by atoms with Crippen molar-refractivity contribution in [3.63, 3.8) is 0 Å². The standard InChI is InChI=1S/C19H26Cl2N4O2/c1-14(19(27)22-17-12-15(20)4-5-16(17)21)24-10-8-23(9-11-24)13-18(26)25-6-2-3-7-25/h4-5,12,14H,2-3,6-11,13H2,1H3,(H,22,27)/t14-/m1/s1. The van der Waals surface area contributed by atoms with E-state index in [4.69, 9.17) is 23.2 Å². The highest BCUT2D eigenvalue weighted by Gasteiger charge is 2.28. The van der Waals surface area contributed by atoms with Gasteiger partial charge in [-0.25, -0.2) is 0 Å². The molecule has 0 aliphatic carbocycles. The number of piperazine rings is 1. The summed E-state index contributed by atoms with van der Waals surface area (Å²) in [5, 5.41) is 3.85. The second-order valence-corrected chi connectivity index (χ2v) is 8.03. The van der Waals surface area contributed by atoms with E-state index in [9.17, 15) is 9.59 Å². The monoisotopic (exact) mass is 412 g/mol. The van der Waals surface area contributed by atoms with Crippen LogP contribution >= 0.6 is 23.2 Å². The number of carbonyl (C=O) groups is 2. The normalized spacial score (nSPS) is 19.9. The number of nitrogens with one attached hydrogen (secondary N) is 1. The van der Waals surface area contributed by atoms with Gasteiger partial charge in [-0.1, -0.05) is 23.2 Å². The van der Waals surface area contributed by atoms with Gasteiger partial charge < -0.3 is 10.2 Å². The maximum Gasteiger partial charge on any atom is 0.241 e. The van der Waals surface area contributed by atoms with Crippen molar-refractivity contribution in [1.29, 1.82) is 0 Å². The average molecular weight is 413 g/mol. The van der Waals surface area contributed by atoms with E-state index < -0.39 is 0 Å². The summed E-state index contributed by atoms with van der Waals surface area (Å²) in [6.07, 6.45) is 2.23. The molecule has 8 heteroatoms. The van der Waals surface area contributed by atoms with Crippen molar-refractivity contribution in [1.82, 2.24) is 14.7 Å². The Morgan fingerprint density at radius 3 is 2.41 bits per heavy atom. The summed E-state index contributed by atoms with van der Waals surface area (Å²) in [7, 11) is 0. The molecule has 2 heterocycles. The number of likely N-dealkylation sites (tertiary alicyclic amines) is 1. The summed E-state index contributed by atoms with van der Waals surface area (Å²) >= 11 is 12.1. The van der Waals surface area contributed by atoms with E-state index >= 15 is 0 Å². The lowest BCUT2D eigenvalue weighted by atomic mass is 10.2. The Hall–Kier alpha value is -1.34. The number of hydrogen-bond donors (Lipinski definition) is 1. The topological polar surface area (TPSA) is 55.9 Å². The van der Waals surface area contributed by atoms with Crippen LogP contribution in [-0.4, -0.2) is 78.4 Å². The van der Waals surface area contributed by atoms with Gasteiger partial charge in [0.1, 0.15) is 0 Å². The Bertz CT molecular complexity index is 686. The number of carbonyl (C=O) groups excluding carboxylic acids is 2. The second kappa shape index (κ2) is 9.24. The summed E-state index contributed by atoms with van der Waals surface area (Å²) in [6.45, 7) is 7.23. The van der Waals surface area contributed by atoms with E-state index in [-0.39, 0.29) is 17.9 Å². The third kappa shape index (κ3) is 5.35. The predicted octanol–water partition coefficient (Wildman–Crippen LogP) is 2.56. The molecule has 1 aromatic carbocycles. The number of halogens is 2. The van der Waals surface area contributed by atoms with E-state index in [2.05, 4.69) is 15.1 Å². The van der Waals surface area contributed by atoms with Gasteiger partial charge in [-0.3, -0.25) is 19.4 Å². The first-order chi connectivity index (χ1) is 12.9.